The second kappa shape index (κ2) is 12.9. The van der Waals surface area contributed by atoms with Gasteiger partial charge in [-0.15, -0.1) is 24.8 Å². The Kier molecular flexibility index (Phi) is 10.3. The monoisotopic (exact) mass is 564 g/mol. The number of amides is 1. The summed E-state index contributed by atoms with van der Waals surface area (Å²) in [5, 5.41) is 0. The zero-order chi connectivity index (χ0) is 24.4. The number of hydrogen-bond donors (Lipinski definition) is 1. The Morgan fingerprint density at radius 1 is 0.892 bits per heavy atom. The van der Waals surface area contributed by atoms with Crippen molar-refractivity contribution in [3.63, 3.8) is 0 Å². The molecule has 9 heteroatoms. The van der Waals surface area contributed by atoms with Crippen LogP contribution in [0.25, 0.3) is 0 Å². The maximum absolute atomic E-state index is 12.5. The summed E-state index contributed by atoms with van der Waals surface area (Å²) < 4.78 is 0. The van der Waals surface area contributed by atoms with E-state index in [9.17, 15) is 9.59 Å². The summed E-state index contributed by atoms with van der Waals surface area (Å²) in [5.41, 5.74) is 8.60. The number of para-hydroxylation sites is 1. The highest BCUT2D eigenvalue weighted by Crippen LogP contribution is 2.48. The van der Waals surface area contributed by atoms with Crippen LogP contribution in [0.15, 0.2) is 52.3 Å². The Labute approximate surface area is 237 Å². The lowest BCUT2D eigenvalue weighted by Gasteiger charge is -2.48. The molecule has 0 atom stereocenters. The minimum Gasteiger partial charge on any atom is -0.368 e. The van der Waals surface area contributed by atoms with Crippen LogP contribution >= 0.6 is 36.6 Å². The van der Waals surface area contributed by atoms with Crippen LogP contribution in [-0.2, 0) is 4.79 Å². The maximum Gasteiger partial charge on any atom is 0.238 e. The fraction of sp³-hybridized carbons (Fsp3) is 0.500. The molecule has 0 aromatic heterocycles. The minimum absolute atomic E-state index is 0. The normalized spacial score (nSPS) is 19.1. The van der Waals surface area contributed by atoms with Gasteiger partial charge in [-0.25, -0.2) is 0 Å². The SMILES string of the molecule is CC(=O)c1ccc2c(c1)N(CCCN1CCC(C(N)=O)(N3CCCCC3)CC1)c1ccccc1S2.Cl.Cl. The second-order valence-corrected chi connectivity index (χ2v) is 11.2. The topological polar surface area (TPSA) is 69.9 Å². The first-order valence-electron chi connectivity index (χ1n) is 12.9. The fourth-order valence-electron chi connectivity index (χ4n) is 5.93. The summed E-state index contributed by atoms with van der Waals surface area (Å²) in [6.45, 7) is 7.32. The third kappa shape index (κ3) is 6.12. The second-order valence-electron chi connectivity index (χ2n) is 10.1. The molecule has 0 spiro atoms. The van der Waals surface area contributed by atoms with Gasteiger partial charge in [-0.05, 0) is 82.9 Å². The van der Waals surface area contributed by atoms with Gasteiger partial charge in [0.2, 0.25) is 5.91 Å². The molecule has 2 aromatic rings. The summed E-state index contributed by atoms with van der Waals surface area (Å²) in [5.74, 6) is -0.0454. The highest BCUT2D eigenvalue weighted by molar-refractivity contribution is 7.99. The predicted molar refractivity (Wildman–Crippen MR) is 156 cm³/mol. The number of nitrogens with zero attached hydrogens (tertiary/aromatic N) is 3. The van der Waals surface area contributed by atoms with E-state index in [0.29, 0.717) is 0 Å². The molecule has 0 saturated carbocycles. The average Bonchev–Trinajstić information content (AvgIpc) is 2.88. The van der Waals surface area contributed by atoms with Crippen LogP contribution in [0.4, 0.5) is 11.4 Å². The van der Waals surface area contributed by atoms with Crippen molar-refractivity contribution < 1.29 is 9.59 Å². The minimum atomic E-state index is -0.456. The molecule has 3 aliphatic rings. The number of nitrogens with two attached hydrogens (primary N) is 1. The number of anilines is 2. The van der Waals surface area contributed by atoms with Crippen LogP contribution in [-0.4, -0.2) is 66.3 Å². The lowest BCUT2D eigenvalue weighted by molar-refractivity contribution is -0.134. The summed E-state index contributed by atoms with van der Waals surface area (Å²) in [6, 6.07) is 14.6. The molecule has 3 heterocycles. The van der Waals surface area contributed by atoms with Crippen molar-refractivity contribution in [2.75, 3.05) is 44.2 Å². The molecule has 5 rings (SSSR count). The largest absolute Gasteiger partial charge is 0.368 e. The quantitative estimate of drug-likeness (QED) is 0.446. The number of Topliss-reactive ketones (excluding diaryl/α,β-unsaturated/α-hetero) is 1. The zero-order valence-electron chi connectivity index (χ0n) is 21.5. The van der Waals surface area contributed by atoms with Crippen molar-refractivity contribution in [3.05, 3.63) is 48.0 Å². The highest BCUT2D eigenvalue weighted by Gasteiger charge is 2.44. The van der Waals surface area contributed by atoms with Crippen LogP contribution in [0, 0.1) is 0 Å². The Hall–Kier alpha value is -1.77. The lowest BCUT2D eigenvalue weighted by atomic mass is 9.83. The van der Waals surface area contributed by atoms with Crippen LogP contribution in [0.1, 0.15) is 55.8 Å². The van der Waals surface area contributed by atoms with E-state index in [-0.39, 0.29) is 36.5 Å². The van der Waals surface area contributed by atoms with E-state index in [4.69, 9.17) is 5.73 Å². The summed E-state index contributed by atoms with van der Waals surface area (Å²) in [4.78, 5) is 34.3. The highest BCUT2D eigenvalue weighted by atomic mass is 35.5. The van der Waals surface area contributed by atoms with Gasteiger partial charge in [0.05, 0.1) is 11.4 Å². The van der Waals surface area contributed by atoms with Crippen LogP contribution in [0.3, 0.4) is 0 Å². The number of rotatable bonds is 7. The number of piperidine rings is 2. The van der Waals surface area contributed by atoms with Crippen molar-refractivity contribution in [3.8, 4) is 0 Å². The standard InChI is InChI=1S/C28H36N4O2S.2ClH/c1-21(33)22-10-11-26-24(20-22)32(23-8-3-4-9-25(23)35-26)17-7-14-30-18-12-28(13-19-30,27(29)34)31-15-5-2-6-16-31;;/h3-4,8-11,20H,2,5-7,12-19H2,1H3,(H2,29,34);2*1H. The van der Waals surface area contributed by atoms with E-state index in [1.807, 2.05) is 12.1 Å². The number of fused-ring (bicyclic) bond motifs is 2. The molecule has 0 bridgehead atoms. The third-order valence-electron chi connectivity index (χ3n) is 7.99. The number of likely N-dealkylation sites (tertiary alicyclic amines) is 2. The number of carbonyl (C=O) groups excluding carboxylic acids is 2. The van der Waals surface area contributed by atoms with Crippen molar-refractivity contribution in [2.45, 2.75) is 60.8 Å². The molecule has 2 N–H and O–H groups in total. The van der Waals surface area contributed by atoms with Gasteiger partial charge < -0.3 is 15.5 Å². The molecule has 202 valence electrons. The molecular formula is C28H38Cl2N4O2S. The van der Waals surface area contributed by atoms with Gasteiger partial charge in [0, 0.05) is 35.0 Å². The first-order chi connectivity index (χ1) is 17.0. The molecule has 0 aliphatic carbocycles. The van der Waals surface area contributed by atoms with Gasteiger partial charge in [0.1, 0.15) is 5.54 Å². The molecule has 0 radical (unpaired) electrons. The van der Waals surface area contributed by atoms with Crippen molar-refractivity contribution >= 4 is 59.6 Å². The molecule has 6 nitrogen and oxygen atoms in total. The Morgan fingerprint density at radius 2 is 1.57 bits per heavy atom. The van der Waals surface area contributed by atoms with Gasteiger partial charge >= 0.3 is 0 Å². The summed E-state index contributed by atoms with van der Waals surface area (Å²) >= 11 is 1.77. The van der Waals surface area contributed by atoms with Crippen LogP contribution in [0.5, 0.6) is 0 Å². The van der Waals surface area contributed by atoms with Gasteiger partial charge in [-0.3, -0.25) is 14.5 Å². The van der Waals surface area contributed by atoms with E-state index >= 15 is 0 Å². The molecule has 2 aromatic carbocycles. The molecule has 2 saturated heterocycles. The van der Waals surface area contributed by atoms with E-state index in [1.54, 1.807) is 18.7 Å². The predicted octanol–water partition coefficient (Wildman–Crippen LogP) is 5.53. The van der Waals surface area contributed by atoms with Crippen molar-refractivity contribution in [1.82, 2.24) is 9.80 Å². The number of primary amides is 1. The summed E-state index contributed by atoms with van der Waals surface area (Å²) in [6.07, 6.45) is 6.26. The van der Waals surface area contributed by atoms with Crippen LogP contribution in [0.2, 0.25) is 0 Å². The number of hydrogen-bond acceptors (Lipinski definition) is 6. The number of ketones is 1. The van der Waals surface area contributed by atoms with E-state index in [0.717, 1.165) is 69.8 Å². The third-order valence-corrected chi connectivity index (χ3v) is 9.12. The lowest BCUT2D eigenvalue weighted by Crippen LogP contribution is -2.63. The fourth-order valence-corrected chi connectivity index (χ4v) is 7.00. The molecule has 37 heavy (non-hydrogen) atoms. The number of halogens is 2. The van der Waals surface area contributed by atoms with E-state index < -0.39 is 5.54 Å². The number of carbonyl (C=O) groups is 2. The van der Waals surface area contributed by atoms with Crippen molar-refractivity contribution in [1.29, 1.82) is 0 Å². The van der Waals surface area contributed by atoms with E-state index in [2.05, 4.69) is 45.0 Å². The molecular weight excluding hydrogens is 527 g/mol. The Morgan fingerprint density at radius 3 is 2.24 bits per heavy atom. The van der Waals surface area contributed by atoms with Gasteiger partial charge in [0.15, 0.2) is 5.78 Å². The van der Waals surface area contributed by atoms with Gasteiger partial charge in [-0.2, -0.15) is 0 Å². The molecule has 3 aliphatic heterocycles. The smallest absolute Gasteiger partial charge is 0.238 e. The average molecular weight is 566 g/mol. The summed E-state index contributed by atoms with van der Waals surface area (Å²) in [7, 11) is 0. The van der Waals surface area contributed by atoms with Crippen molar-refractivity contribution in [2.24, 2.45) is 5.73 Å². The Bertz CT molecular complexity index is 1100. The number of benzene rings is 2. The Balaban J connectivity index is 0.00000190. The zero-order valence-corrected chi connectivity index (χ0v) is 23.9. The molecule has 2 fully saturated rings. The van der Waals surface area contributed by atoms with Gasteiger partial charge in [0.25, 0.3) is 0 Å². The molecule has 0 unspecified atom stereocenters. The first-order valence-corrected chi connectivity index (χ1v) is 13.8. The van der Waals surface area contributed by atoms with Crippen LogP contribution < -0.4 is 10.6 Å². The van der Waals surface area contributed by atoms with E-state index in [1.165, 1.54) is 34.7 Å². The molecule has 1 amide bonds. The maximum atomic E-state index is 12.5. The first kappa shape index (κ1) is 29.8. The van der Waals surface area contributed by atoms with Gasteiger partial charge in [-0.1, -0.05) is 36.4 Å².